The van der Waals surface area contributed by atoms with Crippen molar-refractivity contribution in [1.82, 2.24) is 0 Å². The zero-order valence-corrected chi connectivity index (χ0v) is 25.0. The van der Waals surface area contributed by atoms with Crippen LogP contribution in [0.25, 0.3) is 0 Å². The zero-order chi connectivity index (χ0) is 27.9. The normalized spacial score (nSPS) is 24.3. The Balaban J connectivity index is 1.28. The summed E-state index contributed by atoms with van der Waals surface area (Å²) in [6, 6.07) is 9.40. The Labute approximate surface area is 238 Å². The Morgan fingerprint density at radius 3 is 2.15 bits per heavy atom. The SMILES string of the molecule is C=C(C)C(=O)OCCC(CCO)C1CCC(C2CCC(CCCCc3ccc(CCCCC)cc3)CC2)CO1. The largest absolute Gasteiger partial charge is 0.462 e. The maximum atomic E-state index is 11.7. The first-order chi connectivity index (χ1) is 19.0. The molecule has 1 aliphatic heterocycles. The Bertz CT molecular complexity index is 816. The molecule has 1 heterocycles. The van der Waals surface area contributed by atoms with E-state index in [-0.39, 0.29) is 24.6 Å². The van der Waals surface area contributed by atoms with Crippen LogP contribution in [0.3, 0.4) is 0 Å². The van der Waals surface area contributed by atoms with Gasteiger partial charge in [0, 0.05) is 12.2 Å². The van der Waals surface area contributed by atoms with E-state index in [1.54, 1.807) is 6.92 Å². The van der Waals surface area contributed by atoms with Crippen LogP contribution >= 0.6 is 0 Å². The Kier molecular flexibility index (Phi) is 14.6. The second-order valence-electron chi connectivity index (χ2n) is 12.5. The van der Waals surface area contributed by atoms with Gasteiger partial charge in [-0.25, -0.2) is 4.79 Å². The summed E-state index contributed by atoms with van der Waals surface area (Å²) < 4.78 is 11.7. The molecule has 1 saturated carbocycles. The van der Waals surface area contributed by atoms with Crippen molar-refractivity contribution in [2.24, 2.45) is 23.7 Å². The predicted molar refractivity (Wildman–Crippen MR) is 161 cm³/mol. The molecule has 2 fully saturated rings. The monoisotopic (exact) mass is 540 g/mol. The molecule has 1 aliphatic carbocycles. The van der Waals surface area contributed by atoms with E-state index < -0.39 is 0 Å². The first-order valence-electron chi connectivity index (χ1n) is 16.1. The lowest BCUT2D eigenvalue weighted by atomic mass is 9.72. The maximum Gasteiger partial charge on any atom is 0.333 e. The van der Waals surface area contributed by atoms with Gasteiger partial charge in [0.05, 0.1) is 19.3 Å². The maximum absolute atomic E-state index is 11.7. The number of ether oxygens (including phenoxy) is 2. The van der Waals surface area contributed by atoms with Crippen LogP contribution in [0, 0.1) is 23.7 Å². The predicted octanol–water partition coefficient (Wildman–Crippen LogP) is 8.24. The number of unbranched alkanes of at least 4 members (excludes halogenated alkanes) is 3. The molecule has 220 valence electrons. The first kappa shape index (κ1) is 31.9. The summed E-state index contributed by atoms with van der Waals surface area (Å²) in [5, 5.41) is 9.55. The highest BCUT2D eigenvalue weighted by Gasteiger charge is 2.33. The minimum atomic E-state index is -0.333. The quantitative estimate of drug-likeness (QED) is 0.123. The average Bonchev–Trinajstić information content (AvgIpc) is 2.96. The molecule has 0 spiro atoms. The number of hydrogen-bond acceptors (Lipinski definition) is 4. The summed E-state index contributed by atoms with van der Waals surface area (Å²) in [7, 11) is 0. The molecule has 39 heavy (non-hydrogen) atoms. The van der Waals surface area contributed by atoms with Crippen molar-refractivity contribution >= 4 is 5.97 Å². The van der Waals surface area contributed by atoms with Crippen molar-refractivity contribution in [2.45, 2.75) is 123 Å². The number of carbonyl (C=O) groups excluding carboxylic acids is 1. The molecule has 1 saturated heterocycles. The molecule has 0 bridgehead atoms. The minimum absolute atomic E-state index is 0.151. The number of rotatable bonds is 17. The summed E-state index contributed by atoms with van der Waals surface area (Å²) in [5.74, 6) is 2.32. The molecule has 3 atom stereocenters. The number of aliphatic hydroxyl groups is 1. The van der Waals surface area contributed by atoms with Crippen molar-refractivity contribution in [3.8, 4) is 0 Å². The third-order valence-corrected chi connectivity index (χ3v) is 9.42. The van der Waals surface area contributed by atoms with Crippen LogP contribution < -0.4 is 0 Å². The second-order valence-corrected chi connectivity index (χ2v) is 12.5. The Morgan fingerprint density at radius 2 is 1.59 bits per heavy atom. The van der Waals surface area contributed by atoms with Gasteiger partial charge >= 0.3 is 5.97 Å². The lowest BCUT2D eigenvalue weighted by Gasteiger charge is -2.40. The van der Waals surface area contributed by atoms with E-state index in [9.17, 15) is 9.90 Å². The van der Waals surface area contributed by atoms with Crippen LogP contribution in [0.15, 0.2) is 36.4 Å². The van der Waals surface area contributed by atoms with Gasteiger partial charge in [0.1, 0.15) is 0 Å². The molecule has 1 aromatic carbocycles. The van der Waals surface area contributed by atoms with Gasteiger partial charge in [-0.15, -0.1) is 0 Å². The van der Waals surface area contributed by atoms with E-state index >= 15 is 0 Å². The fraction of sp³-hybridized carbons (Fsp3) is 0.743. The van der Waals surface area contributed by atoms with Crippen LogP contribution in [-0.4, -0.2) is 37.0 Å². The smallest absolute Gasteiger partial charge is 0.333 e. The standard InChI is InChI=1S/C35H56O4/c1-4-5-6-9-28-12-14-29(15-13-28)10-7-8-11-30-16-18-31(19-17-30)33-20-21-34(39-26-33)32(22-24-36)23-25-38-35(37)27(2)3/h12-15,30-34,36H,2,4-11,16-26H2,1,3H3. The van der Waals surface area contributed by atoms with Gasteiger partial charge in [0.25, 0.3) is 0 Å². The highest BCUT2D eigenvalue weighted by atomic mass is 16.5. The fourth-order valence-corrected chi connectivity index (χ4v) is 6.81. The molecule has 2 aliphatic rings. The van der Waals surface area contributed by atoms with Gasteiger partial charge in [-0.2, -0.15) is 0 Å². The summed E-state index contributed by atoms with van der Waals surface area (Å²) in [5.41, 5.74) is 3.43. The van der Waals surface area contributed by atoms with E-state index in [2.05, 4.69) is 37.8 Å². The first-order valence-corrected chi connectivity index (χ1v) is 16.1. The van der Waals surface area contributed by atoms with Gasteiger partial charge in [-0.05, 0) is 106 Å². The Hall–Kier alpha value is -1.65. The van der Waals surface area contributed by atoms with E-state index in [1.165, 1.54) is 94.6 Å². The molecular formula is C35H56O4. The number of hydrogen-bond donors (Lipinski definition) is 1. The molecule has 0 amide bonds. The van der Waals surface area contributed by atoms with E-state index in [0.29, 0.717) is 24.5 Å². The van der Waals surface area contributed by atoms with Crippen LogP contribution in [-0.2, 0) is 27.1 Å². The number of esters is 1. The third kappa shape index (κ3) is 11.4. The molecule has 3 unspecified atom stereocenters. The van der Waals surface area contributed by atoms with Gasteiger partial charge in [-0.3, -0.25) is 0 Å². The number of aliphatic hydroxyl groups excluding tert-OH is 1. The van der Waals surface area contributed by atoms with Crippen molar-refractivity contribution in [1.29, 1.82) is 0 Å². The molecule has 4 nitrogen and oxygen atoms in total. The lowest BCUT2D eigenvalue weighted by molar-refractivity contribution is -0.140. The molecule has 3 rings (SSSR count). The highest BCUT2D eigenvalue weighted by Crippen LogP contribution is 2.40. The summed E-state index contributed by atoms with van der Waals surface area (Å²) in [6.45, 7) is 8.95. The van der Waals surface area contributed by atoms with Crippen LogP contribution in [0.1, 0.15) is 115 Å². The molecule has 0 aromatic heterocycles. The molecule has 4 heteroatoms. The van der Waals surface area contributed by atoms with Crippen LogP contribution in [0.2, 0.25) is 0 Å². The van der Waals surface area contributed by atoms with Crippen molar-refractivity contribution in [3.63, 3.8) is 0 Å². The van der Waals surface area contributed by atoms with E-state index in [0.717, 1.165) is 31.3 Å². The van der Waals surface area contributed by atoms with Gasteiger partial charge in [0.2, 0.25) is 0 Å². The van der Waals surface area contributed by atoms with Gasteiger partial charge < -0.3 is 14.6 Å². The summed E-state index contributed by atoms with van der Waals surface area (Å²) in [6.07, 6.45) is 19.8. The van der Waals surface area contributed by atoms with E-state index in [1.807, 2.05) is 0 Å². The average molecular weight is 541 g/mol. The Morgan fingerprint density at radius 1 is 0.949 bits per heavy atom. The highest BCUT2D eigenvalue weighted by molar-refractivity contribution is 5.86. The molecular weight excluding hydrogens is 484 g/mol. The number of aryl methyl sites for hydroxylation is 2. The number of benzene rings is 1. The van der Waals surface area contributed by atoms with Crippen LogP contribution in [0.4, 0.5) is 0 Å². The lowest BCUT2D eigenvalue weighted by Crippen LogP contribution is -2.36. The second kappa shape index (κ2) is 17.9. The molecule has 1 aromatic rings. The van der Waals surface area contributed by atoms with Gasteiger partial charge in [0.15, 0.2) is 0 Å². The summed E-state index contributed by atoms with van der Waals surface area (Å²) in [4.78, 5) is 11.7. The number of carbonyl (C=O) groups is 1. The molecule has 1 N–H and O–H groups in total. The van der Waals surface area contributed by atoms with Crippen LogP contribution in [0.5, 0.6) is 0 Å². The third-order valence-electron chi connectivity index (χ3n) is 9.42. The van der Waals surface area contributed by atoms with Crippen molar-refractivity contribution in [3.05, 3.63) is 47.5 Å². The van der Waals surface area contributed by atoms with Gasteiger partial charge in [-0.1, -0.05) is 76.3 Å². The van der Waals surface area contributed by atoms with Crippen molar-refractivity contribution < 1.29 is 19.4 Å². The summed E-state index contributed by atoms with van der Waals surface area (Å²) >= 11 is 0. The zero-order valence-electron chi connectivity index (χ0n) is 25.0. The minimum Gasteiger partial charge on any atom is -0.462 e. The molecule has 0 radical (unpaired) electrons. The van der Waals surface area contributed by atoms with E-state index in [4.69, 9.17) is 9.47 Å². The fourth-order valence-electron chi connectivity index (χ4n) is 6.81. The van der Waals surface area contributed by atoms with Crippen molar-refractivity contribution in [2.75, 3.05) is 19.8 Å². The topological polar surface area (TPSA) is 55.8 Å².